The number of aryl methyl sites for hydroxylation is 1. The van der Waals surface area contributed by atoms with Crippen molar-refractivity contribution in [1.29, 1.82) is 0 Å². The number of urea groups is 1. The zero-order chi connectivity index (χ0) is 27.7. The molecule has 3 heterocycles. The average molecular weight is 534 g/mol. The molecular formula is C28H29F2N7O2. The van der Waals surface area contributed by atoms with E-state index in [1.54, 1.807) is 15.6 Å². The molecule has 0 unspecified atom stereocenters. The highest BCUT2D eigenvalue weighted by molar-refractivity contribution is 5.91. The zero-order valence-electron chi connectivity index (χ0n) is 21.9. The van der Waals surface area contributed by atoms with Crippen LogP contribution in [0.1, 0.15) is 24.0 Å². The summed E-state index contributed by atoms with van der Waals surface area (Å²) in [6.07, 6.45) is 3.56. The molecule has 2 amide bonds. The lowest BCUT2D eigenvalue weighted by molar-refractivity contribution is -0.117. The van der Waals surface area contributed by atoms with Gasteiger partial charge in [-0.3, -0.25) is 19.7 Å². The Balaban J connectivity index is 1.43. The third-order valence-electron chi connectivity index (χ3n) is 6.86. The molecule has 11 heteroatoms. The van der Waals surface area contributed by atoms with Gasteiger partial charge in [0.1, 0.15) is 17.3 Å². The lowest BCUT2D eigenvalue weighted by Crippen LogP contribution is -2.42. The van der Waals surface area contributed by atoms with Gasteiger partial charge in [-0.25, -0.2) is 18.3 Å². The molecule has 39 heavy (non-hydrogen) atoms. The average Bonchev–Trinajstić information content (AvgIpc) is 3.59. The van der Waals surface area contributed by atoms with Gasteiger partial charge in [0, 0.05) is 43.4 Å². The molecule has 0 radical (unpaired) electrons. The minimum atomic E-state index is -0.953. The second kappa shape index (κ2) is 10.8. The molecule has 1 aliphatic rings. The number of aromatic nitrogens is 4. The quantitative estimate of drug-likeness (QED) is 0.374. The summed E-state index contributed by atoms with van der Waals surface area (Å²) in [5.41, 5.74) is 3.55. The highest BCUT2D eigenvalue weighted by atomic mass is 19.2. The Bertz CT molecular complexity index is 1520. The number of hydrogen-bond donors (Lipinski definition) is 2. The van der Waals surface area contributed by atoms with Crippen molar-refractivity contribution in [3.63, 3.8) is 0 Å². The van der Waals surface area contributed by atoms with Crippen LogP contribution in [0.15, 0.2) is 60.9 Å². The summed E-state index contributed by atoms with van der Waals surface area (Å²) >= 11 is 0. The van der Waals surface area contributed by atoms with Gasteiger partial charge in [-0.1, -0.05) is 24.3 Å². The number of benzene rings is 2. The van der Waals surface area contributed by atoms with Crippen molar-refractivity contribution in [3.8, 4) is 16.9 Å². The van der Waals surface area contributed by atoms with E-state index in [-0.39, 0.29) is 18.2 Å². The van der Waals surface area contributed by atoms with E-state index in [1.807, 2.05) is 55.4 Å². The van der Waals surface area contributed by atoms with E-state index in [0.29, 0.717) is 30.2 Å². The molecule has 202 valence electrons. The van der Waals surface area contributed by atoms with Gasteiger partial charge in [-0.2, -0.15) is 10.2 Å². The normalized spacial score (nSPS) is 17.4. The second-order valence-corrected chi connectivity index (χ2v) is 9.85. The maximum Gasteiger partial charge on any atom is 0.320 e. The Labute approximate surface area is 224 Å². The summed E-state index contributed by atoms with van der Waals surface area (Å²) in [4.78, 5) is 27.1. The molecule has 0 saturated carbocycles. The van der Waals surface area contributed by atoms with Crippen LogP contribution in [-0.2, 0) is 11.8 Å². The predicted molar refractivity (Wildman–Crippen MR) is 143 cm³/mol. The summed E-state index contributed by atoms with van der Waals surface area (Å²) in [6, 6.07) is 12.3. The van der Waals surface area contributed by atoms with Crippen molar-refractivity contribution in [3.05, 3.63) is 83.7 Å². The number of rotatable bonds is 7. The third kappa shape index (κ3) is 5.58. The van der Waals surface area contributed by atoms with Crippen molar-refractivity contribution < 1.29 is 18.4 Å². The summed E-state index contributed by atoms with van der Waals surface area (Å²) in [6.45, 7) is 4.37. The van der Waals surface area contributed by atoms with Crippen molar-refractivity contribution in [1.82, 2.24) is 29.8 Å². The first kappa shape index (κ1) is 26.2. The topological polar surface area (TPSA) is 97.1 Å². The maximum atomic E-state index is 14.1. The van der Waals surface area contributed by atoms with Gasteiger partial charge in [0.05, 0.1) is 24.5 Å². The Morgan fingerprint density at radius 1 is 1.08 bits per heavy atom. The van der Waals surface area contributed by atoms with Crippen LogP contribution in [0, 0.1) is 18.6 Å². The fourth-order valence-corrected chi connectivity index (χ4v) is 5.08. The standard InChI is InChI=1S/C28H29F2N7O2/c1-17(38)13-36-15-22(19-9-10-23(29)24(30)11-19)25(16-36)32-28(39)33-27-18(2)26(20-12-31-35(3)14-20)34-37(27)21-7-5-4-6-8-21/h4-12,14,22,25H,13,15-16H2,1-3H3,(H2,32,33,39)/t22-,25+/m0/s1. The van der Waals surface area contributed by atoms with Gasteiger partial charge in [-0.15, -0.1) is 0 Å². The minimum absolute atomic E-state index is 0.0190. The summed E-state index contributed by atoms with van der Waals surface area (Å²) < 4.78 is 31.0. The fraction of sp³-hybridized carbons (Fsp3) is 0.286. The van der Waals surface area contributed by atoms with E-state index in [1.165, 1.54) is 13.0 Å². The Kier molecular flexibility index (Phi) is 7.25. The number of likely N-dealkylation sites (tertiary alicyclic amines) is 1. The highest BCUT2D eigenvalue weighted by Crippen LogP contribution is 2.31. The van der Waals surface area contributed by atoms with Gasteiger partial charge in [0.2, 0.25) is 0 Å². The number of ketones is 1. The largest absolute Gasteiger partial charge is 0.333 e. The molecule has 5 rings (SSSR count). The SMILES string of the molecule is CC(=O)CN1C[C@@H](NC(=O)Nc2c(C)c(-c3cnn(C)c3)nn2-c2ccccc2)[C@H](c2ccc(F)c(F)c2)C1. The molecule has 1 fully saturated rings. The number of hydrogen-bond acceptors (Lipinski definition) is 5. The number of nitrogens with one attached hydrogen (secondary N) is 2. The van der Waals surface area contributed by atoms with E-state index >= 15 is 0 Å². The molecule has 2 aromatic carbocycles. The van der Waals surface area contributed by atoms with E-state index < -0.39 is 23.7 Å². The van der Waals surface area contributed by atoms with E-state index in [9.17, 15) is 18.4 Å². The molecule has 4 aromatic rings. The smallest absolute Gasteiger partial charge is 0.320 e. The summed E-state index contributed by atoms with van der Waals surface area (Å²) in [5.74, 6) is -1.76. The van der Waals surface area contributed by atoms with Crippen LogP contribution in [0.5, 0.6) is 0 Å². The van der Waals surface area contributed by atoms with Crippen LogP contribution in [0.2, 0.25) is 0 Å². The van der Waals surface area contributed by atoms with Crippen molar-refractivity contribution in [2.24, 2.45) is 7.05 Å². The second-order valence-electron chi connectivity index (χ2n) is 9.85. The first-order chi connectivity index (χ1) is 18.7. The van der Waals surface area contributed by atoms with Crippen molar-refractivity contribution in [2.45, 2.75) is 25.8 Å². The number of Topliss-reactive ketones (excluding diaryl/α,β-unsaturated/α-hetero) is 1. The van der Waals surface area contributed by atoms with E-state index in [0.717, 1.165) is 28.9 Å². The molecule has 0 spiro atoms. The number of carbonyl (C=O) groups is 2. The van der Waals surface area contributed by atoms with Gasteiger partial charge in [-0.05, 0) is 43.7 Å². The van der Waals surface area contributed by atoms with Gasteiger partial charge in [0.25, 0.3) is 0 Å². The molecule has 0 aliphatic carbocycles. The van der Waals surface area contributed by atoms with E-state index in [4.69, 9.17) is 5.10 Å². The maximum absolute atomic E-state index is 14.1. The molecule has 2 atom stereocenters. The fourth-order valence-electron chi connectivity index (χ4n) is 5.08. The predicted octanol–water partition coefficient (Wildman–Crippen LogP) is 4.04. The van der Waals surface area contributed by atoms with Crippen LogP contribution >= 0.6 is 0 Å². The Hall–Kier alpha value is -4.38. The Morgan fingerprint density at radius 2 is 1.85 bits per heavy atom. The number of anilines is 1. The number of nitrogens with zero attached hydrogens (tertiary/aromatic N) is 5. The molecule has 2 N–H and O–H groups in total. The minimum Gasteiger partial charge on any atom is -0.333 e. The monoisotopic (exact) mass is 533 g/mol. The summed E-state index contributed by atoms with van der Waals surface area (Å²) in [5, 5.41) is 15.0. The lowest BCUT2D eigenvalue weighted by Gasteiger charge is -2.21. The Morgan fingerprint density at radius 3 is 2.51 bits per heavy atom. The van der Waals surface area contributed by atoms with Crippen molar-refractivity contribution >= 4 is 17.6 Å². The molecule has 9 nitrogen and oxygen atoms in total. The van der Waals surface area contributed by atoms with Gasteiger partial charge >= 0.3 is 6.03 Å². The number of amides is 2. The summed E-state index contributed by atoms with van der Waals surface area (Å²) in [7, 11) is 1.82. The lowest BCUT2D eigenvalue weighted by atomic mass is 9.94. The molecule has 0 bridgehead atoms. The van der Waals surface area contributed by atoms with Crippen molar-refractivity contribution in [2.75, 3.05) is 25.0 Å². The molecule has 1 saturated heterocycles. The van der Waals surface area contributed by atoms with Crippen LogP contribution in [0.25, 0.3) is 16.9 Å². The van der Waals surface area contributed by atoms with Gasteiger partial charge in [0.15, 0.2) is 11.6 Å². The third-order valence-corrected chi connectivity index (χ3v) is 6.86. The number of carbonyl (C=O) groups excluding carboxylic acids is 2. The molecule has 1 aliphatic heterocycles. The zero-order valence-corrected chi connectivity index (χ0v) is 21.9. The first-order valence-corrected chi connectivity index (χ1v) is 12.6. The molecule has 2 aromatic heterocycles. The van der Waals surface area contributed by atoms with Crippen LogP contribution < -0.4 is 10.6 Å². The number of halogens is 2. The van der Waals surface area contributed by atoms with Crippen LogP contribution in [0.3, 0.4) is 0 Å². The molecular weight excluding hydrogens is 504 g/mol. The first-order valence-electron chi connectivity index (χ1n) is 12.6. The van der Waals surface area contributed by atoms with Crippen LogP contribution in [0.4, 0.5) is 19.4 Å². The van der Waals surface area contributed by atoms with E-state index in [2.05, 4.69) is 15.7 Å². The highest BCUT2D eigenvalue weighted by Gasteiger charge is 2.36. The number of para-hydroxylation sites is 1. The van der Waals surface area contributed by atoms with Gasteiger partial charge < -0.3 is 5.32 Å². The van der Waals surface area contributed by atoms with Crippen LogP contribution in [-0.4, -0.2) is 62.0 Å².